The maximum absolute atomic E-state index is 11.2. The third kappa shape index (κ3) is 3.38. The Morgan fingerprint density at radius 3 is 2.11 bits per heavy atom. The number of nitrogens with one attached hydrogen (secondary N) is 4. The van der Waals surface area contributed by atoms with Gasteiger partial charge in [0.2, 0.25) is 23.6 Å². The molecular formula is C11H14N4O4. The molecule has 0 radical (unpaired) electrons. The Labute approximate surface area is 109 Å². The Hall–Kier alpha value is -2.22. The largest absolute Gasteiger partial charge is 0.379 e. The van der Waals surface area contributed by atoms with Crippen LogP contribution in [0.2, 0.25) is 0 Å². The van der Waals surface area contributed by atoms with Crippen LogP contribution in [-0.2, 0) is 19.2 Å². The monoisotopic (exact) mass is 266 g/mol. The Morgan fingerprint density at radius 1 is 1.00 bits per heavy atom. The third-order valence-electron chi connectivity index (χ3n) is 2.83. The summed E-state index contributed by atoms with van der Waals surface area (Å²) in [7, 11) is 0. The van der Waals surface area contributed by atoms with Crippen LogP contribution in [-0.4, -0.2) is 42.3 Å². The molecule has 2 aliphatic heterocycles. The number of carbonyl (C=O) groups excluding carboxylic acids is 4. The van der Waals surface area contributed by atoms with Gasteiger partial charge in [-0.2, -0.15) is 0 Å². The van der Waals surface area contributed by atoms with E-state index in [0.29, 0.717) is 6.54 Å². The molecule has 4 amide bonds. The highest BCUT2D eigenvalue weighted by Crippen LogP contribution is 2.01. The van der Waals surface area contributed by atoms with Gasteiger partial charge in [0, 0.05) is 6.54 Å². The molecule has 8 heteroatoms. The smallest absolute Gasteiger partial charge is 0.249 e. The standard InChI is InChI=1S/C11H14N4O4/c16-8-4-6(10(18)14-8)12-2-1-3-13-7-5-9(17)15-11(7)19/h1-2,6-7,12-13H,3-5H2,(H,14,16,18)(H,15,17,19)/b2-1+. The molecule has 2 atom stereocenters. The first-order valence-electron chi connectivity index (χ1n) is 5.88. The molecule has 2 rings (SSSR count). The van der Waals surface area contributed by atoms with Crippen LogP contribution in [0.15, 0.2) is 12.3 Å². The SMILES string of the molecule is O=C1CC(N/C=C/CNC2CC(=O)NC2=O)C(=O)N1. The summed E-state index contributed by atoms with van der Waals surface area (Å²) in [6.07, 6.45) is 3.48. The molecule has 0 aromatic heterocycles. The van der Waals surface area contributed by atoms with E-state index in [2.05, 4.69) is 21.3 Å². The summed E-state index contributed by atoms with van der Waals surface area (Å²) in [5.74, 6) is -1.25. The molecule has 2 saturated heterocycles. The van der Waals surface area contributed by atoms with Crippen molar-refractivity contribution in [2.75, 3.05) is 6.54 Å². The Bertz CT molecular complexity index is 460. The minimum atomic E-state index is -0.542. The first-order valence-corrected chi connectivity index (χ1v) is 5.88. The molecule has 2 aliphatic rings. The molecule has 8 nitrogen and oxygen atoms in total. The number of carbonyl (C=O) groups is 4. The molecule has 0 aliphatic carbocycles. The van der Waals surface area contributed by atoms with Gasteiger partial charge >= 0.3 is 0 Å². The molecule has 0 bridgehead atoms. The number of amides is 4. The van der Waals surface area contributed by atoms with Crippen LogP contribution in [0.4, 0.5) is 0 Å². The van der Waals surface area contributed by atoms with E-state index in [1.807, 2.05) is 0 Å². The fourth-order valence-electron chi connectivity index (χ4n) is 1.86. The van der Waals surface area contributed by atoms with E-state index in [1.54, 1.807) is 12.3 Å². The van der Waals surface area contributed by atoms with Crippen LogP contribution < -0.4 is 21.3 Å². The van der Waals surface area contributed by atoms with Crippen LogP contribution in [0.5, 0.6) is 0 Å². The van der Waals surface area contributed by atoms with Gasteiger partial charge in [-0.15, -0.1) is 0 Å². The van der Waals surface area contributed by atoms with Gasteiger partial charge in [0.15, 0.2) is 0 Å². The molecule has 0 aromatic carbocycles. The van der Waals surface area contributed by atoms with Crippen LogP contribution in [0.3, 0.4) is 0 Å². The normalized spacial score (nSPS) is 26.9. The zero-order valence-electron chi connectivity index (χ0n) is 10.1. The summed E-state index contributed by atoms with van der Waals surface area (Å²) < 4.78 is 0. The van der Waals surface area contributed by atoms with Gasteiger partial charge in [0.1, 0.15) is 6.04 Å². The average molecular weight is 266 g/mol. The minimum absolute atomic E-state index is 0.121. The molecule has 0 spiro atoms. The zero-order chi connectivity index (χ0) is 13.8. The maximum atomic E-state index is 11.2. The molecule has 4 N–H and O–H groups in total. The Balaban J connectivity index is 1.67. The average Bonchev–Trinajstić information content (AvgIpc) is 2.81. The highest BCUT2D eigenvalue weighted by molar-refractivity contribution is 6.06. The van der Waals surface area contributed by atoms with Gasteiger partial charge in [0.05, 0.1) is 18.9 Å². The number of hydrogen-bond donors (Lipinski definition) is 4. The lowest BCUT2D eigenvalue weighted by molar-refractivity contribution is -0.126. The van der Waals surface area contributed by atoms with Crippen molar-refractivity contribution < 1.29 is 19.2 Å². The summed E-state index contributed by atoms with van der Waals surface area (Å²) >= 11 is 0. The van der Waals surface area contributed by atoms with E-state index in [9.17, 15) is 19.2 Å². The van der Waals surface area contributed by atoms with Gasteiger partial charge in [0.25, 0.3) is 0 Å². The van der Waals surface area contributed by atoms with Crippen molar-refractivity contribution in [3.05, 3.63) is 12.3 Å². The Kier molecular flexibility index (Phi) is 3.91. The zero-order valence-corrected chi connectivity index (χ0v) is 10.1. The summed E-state index contributed by atoms with van der Waals surface area (Å²) in [5.41, 5.74) is 0. The summed E-state index contributed by atoms with van der Waals surface area (Å²) in [5, 5.41) is 10.0. The first-order chi connectivity index (χ1) is 9.06. The quantitative estimate of drug-likeness (QED) is 0.409. The van der Waals surface area contributed by atoms with E-state index in [1.165, 1.54) is 0 Å². The second kappa shape index (κ2) is 5.61. The molecule has 2 fully saturated rings. The highest BCUT2D eigenvalue weighted by atomic mass is 16.2. The molecule has 0 aromatic rings. The third-order valence-corrected chi connectivity index (χ3v) is 2.83. The summed E-state index contributed by atoms with van der Waals surface area (Å²) in [6.45, 7) is 0.376. The van der Waals surface area contributed by atoms with E-state index in [4.69, 9.17) is 0 Å². The fourth-order valence-corrected chi connectivity index (χ4v) is 1.86. The van der Waals surface area contributed by atoms with Gasteiger partial charge in [-0.25, -0.2) is 0 Å². The maximum Gasteiger partial charge on any atom is 0.249 e. The van der Waals surface area contributed by atoms with Crippen molar-refractivity contribution in [1.29, 1.82) is 0 Å². The van der Waals surface area contributed by atoms with E-state index in [0.717, 1.165) is 0 Å². The highest BCUT2D eigenvalue weighted by Gasteiger charge is 2.30. The predicted molar refractivity (Wildman–Crippen MR) is 63.4 cm³/mol. The lowest BCUT2D eigenvalue weighted by atomic mass is 10.2. The van der Waals surface area contributed by atoms with Crippen molar-refractivity contribution in [3.8, 4) is 0 Å². The number of hydrogen-bond acceptors (Lipinski definition) is 6. The molecule has 2 heterocycles. The molecule has 2 unspecified atom stereocenters. The Morgan fingerprint density at radius 2 is 1.58 bits per heavy atom. The van der Waals surface area contributed by atoms with Crippen molar-refractivity contribution in [3.63, 3.8) is 0 Å². The van der Waals surface area contributed by atoms with Crippen LogP contribution in [0.1, 0.15) is 12.8 Å². The van der Waals surface area contributed by atoms with E-state index < -0.39 is 12.1 Å². The predicted octanol–water partition coefficient (Wildman–Crippen LogP) is -2.49. The van der Waals surface area contributed by atoms with Crippen LogP contribution >= 0.6 is 0 Å². The molecule has 19 heavy (non-hydrogen) atoms. The molecule has 102 valence electrons. The van der Waals surface area contributed by atoms with Gasteiger partial charge in [-0.05, 0) is 6.20 Å². The van der Waals surface area contributed by atoms with Crippen molar-refractivity contribution in [2.24, 2.45) is 0 Å². The van der Waals surface area contributed by atoms with Crippen molar-refractivity contribution in [2.45, 2.75) is 24.9 Å². The molecule has 0 saturated carbocycles. The van der Waals surface area contributed by atoms with E-state index >= 15 is 0 Å². The summed E-state index contributed by atoms with van der Waals surface area (Å²) in [4.78, 5) is 44.2. The lowest BCUT2D eigenvalue weighted by Gasteiger charge is -2.07. The second-order valence-electron chi connectivity index (χ2n) is 4.32. The summed E-state index contributed by atoms with van der Waals surface area (Å²) in [6, 6.07) is -1.05. The van der Waals surface area contributed by atoms with Crippen molar-refractivity contribution >= 4 is 23.6 Å². The van der Waals surface area contributed by atoms with Gasteiger partial charge < -0.3 is 10.6 Å². The van der Waals surface area contributed by atoms with E-state index in [-0.39, 0.29) is 36.5 Å². The number of rotatable bonds is 5. The van der Waals surface area contributed by atoms with Gasteiger partial charge in [-0.3, -0.25) is 29.8 Å². The lowest BCUT2D eigenvalue weighted by Crippen LogP contribution is -2.36. The topological polar surface area (TPSA) is 116 Å². The minimum Gasteiger partial charge on any atom is -0.379 e. The first kappa shape index (κ1) is 13.2. The van der Waals surface area contributed by atoms with Crippen LogP contribution in [0.25, 0.3) is 0 Å². The van der Waals surface area contributed by atoms with Crippen molar-refractivity contribution in [1.82, 2.24) is 21.3 Å². The fraction of sp³-hybridized carbons (Fsp3) is 0.455. The van der Waals surface area contributed by atoms with Crippen LogP contribution in [0, 0.1) is 0 Å². The number of imide groups is 2. The van der Waals surface area contributed by atoms with Gasteiger partial charge in [-0.1, -0.05) is 6.08 Å². The second-order valence-corrected chi connectivity index (χ2v) is 4.32. The molecular weight excluding hydrogens is 252 g/mol.